The van der Waals surface area contributed by atoms with E-state index in [0.717, 1.165) is 20.1 Å². The van der Waals surface area contributed by atoms with Crippen molar-refractivity contribution in [1.29, 1.82) is 0 Å². The second kappa shape index (κ2) is 9.20. The van der Waals surface area contributed by atoms with Crippen LogP contribution in [0.25, 0.3) is 12.2 Å². The average Bonchev–Trinajstić information content (AvgIpc) is 2.54. The first-order chi connectivity index (χ1) is 11.5. The van der Waals surface area contributed by atoms with Crippen molar-refractivity contribution in [3.8, 4) is 0 Å². The van der Waals surface area contributed by atoms with Gasteiger partial charge in [0.2, 0.25) is 5.96 Å². The highest BCUT2D eigenvalue weighted by Crippen LogP contribution is 2.14. The second-order valence-corrected chi connectivity index (χ2v) is 6.66. The van der Waals surface area contributed by atoms with Gasteiger partial charge in [0, 0.05) is 8.95 Å². The largest absolute Gasteiger partial charge is 0.369 e. The zero-order chi connectivity index (χ0) is 17.4. The molecule has 2 rings (SSSR count). The highest BCUT2D eigenvalue weighted by atomic mass is 79.9. The highest BCUT2D eigenvalue weighted by molar-refractivity contribution is 9.10. The molecule has 2 aromatic rings. The minimum atomic E-state index is -0.0841. The van der Waals surface area contributed by atoms with Gasteiger partial charge < -0.3 is 11.5 Å². The molecule has 0 bridgehead atoms. The van der Waals surface area contributed by atoms with Gasteiger partial charge in [-0.1, -0.05) is 68.3 Å². The van der Waals surface area contributed by atoms with Gasteiger partial charge in [-0.05, 0) is 47.5 Å². The predicted molar refractivity (Wildman–Crippen MR) is 110 cm³/mol. The highest BCUT2D eigenvalue weighted by Gasteiger charge is 1.94. The lowest BCUT2D eigenvalue weighted by atomic mass is 10.1. The van der Waals surface area contributed by atoms with Crippen LogP contribution in [0.1, 0.15) is 11.1 Å². The Hall–Kier alpha value is -2.18. The summed E-state index contributed by atoms with van der Waals surface area (Å²) >= 11 is 6.90. The van der Waals surface area contributed by atoms with Gasteiger partial charge in [0.25, 0.3) is 0 Å². The predicted octanol–water partition coefficient (Wildman–Crippen LogP) is 4.57. The van der Waals surface area contributed by atoms with Crippen molar-refractivity contribution in [3.63, 3.8) is 0 Å². The minimum Gasteiger partial charge on any atom is -0.369 e. The second-order valence-electron chi connectivity index (χ2n) is 4.83. The number of nitrogens with two attached hydrogens (primary N) is 2. The molecule has 0 heterocycles. The van der Waals surface area contributed by atoms with Crippen LogP contribution in [0.3, 0.4) is 0 Å². The van der Waals surface area contributed by atoms with Crippen LogP contribution in [-0.2, 0) is 0 Å². The summed E-state index contributed by atoms with van der Waals surface area (Å²) in [6.07, 6.45) is 7.58. The maximum absolute atomic E-state index is 5.36. The molecule has 0 amide bonds. The summed E-state index contributed by atoms with van der Waals surface area (Å²) in [4.78, 5) is 0. The lowest BCUT2D eigenvalue weighted by Crippen LogP contribution is -2.22. The monoisotopic (exact) mass is 446 g/mol. The molecule has 0 atom stereocenters. The molecule has 122 valence electrons. The zero-order valence-corrected chi connectivity index (χ0v) is 15.9. The maximum atomic E-state index is 5.36. The third-order valence-corrected chi connectivity index (χ3v) is 3.86. The van der Waals surface area contributed by atoms with Crippen molar-refractivity contribution >= 4 is 55.7 Å². The summed E-state index contributed by atoms with van der Waals surface area (Å²) in [5.41, 5.74) is 13.4. The fourth-order valence-corrected chi connectivity index (χ4v) is 2.66. The van der Waals surface area contributed by atoms with Crippen LogP contribution < -0.4 is 11.5 Å². The van der Waals surface area contributed by atoms with E-state index in [1.165, 1.54) is 0 Å². The van der Waals surface area contributed by atoms with Crippen molar-refractivity contribution in [1.82, 2.24) is 0 Å². The third kappa shape index (κ3) is 6.52. The summed E-state index contributed by atoms with van der Waals surface area (Å²) in [5, 5.41) is 7.78. The van der Waals surface area contributed by atoms with E-state index in [-0.39, 0.29) is 5.96 Å². The summed E-state index contributed by atoms with van der Waals surface area (Å²) in [5.74, 6) is -0.0841. The van der Waals surface area contributed by atoms with E-state index < -0.39 is 0 Å². The summed E-state index contributed by atoms with van der Waals surface area (Å²) in [6, 6.07) is 15.9. The van der Waals surface area contributed by atoms with Crippen molar-refractivity contribution in [2.45, 2.75) is 0 Å². The lowest BCUT2D eigenvalue weighted by molar-refractivity contribution is 1.21. The molecule has 0 saturated heterocycles. The fraction of sp³-hybridized carbons (Fsp3) is 0. The molecule has 0 spiro atoms. The van der Waals surface area contributed by atoms with E-state index >= 15 is 0 Å². The van der Waals surface area contributed by atoms with Crippen LogP contribution in [0, 0.1) is 0 Å². The number of allylic oxidation sites excluding steroid dienone is 2. The van der Waals surface area contributed by atoms with Gasteiger partial charge in [-0.3, -0.25) is 0 Å². The molecule has 0 aromatic heterocycles. The fourth-order valence-electron chi connectivity index (χ4n) is 1.82. The Morgan fingerprint density at radius 2 is 1.29 bits per heavy atom. The standard InChI is InChI=1S/C18H16Br2N4/c19-15-5-1-3-13(11-15)7-9-17(23-24-18(21)22)10-8-14-4-2-6-16(20)12-14/h1-12H,(H4,21,22,24)/b9-7+,10-8+. The van der Waals surface area contributed by atoms with Crippen molar-refractivity contribution in [3.05, 3.63) is 80.8 Å². The van der Waals surface area contributed by atoms with Crippen LogP contribution in [0.4, 0.5) is 0 Å². The molecule has 24 heavy (non-hydrogen) atoms. The van der Waals surface area contributed by atoms with E-state index in [9.17, 15) is 0 Å². The molecular weight excluding hydrogens is 432 g/mol. The first-order valence-electron chi connectivity index (χ1n) is 7.07. The Morgan fingerprint density at radius 3 is 1.71 bits per heavy atom. The molecule has 6 heteroatoms. The number of guanidine groups is 1. The van der Waals surface area contributed by atoms with E-state index in [0.29, 0.717) is 5.71 Å². The Labute approximate surface area is 157 Å². The normalized spacial score (nSPS) is 10.9. The van der Waals surface area contributed by atoms with Crippen LogP contribution in [-0.4, -0.2) is 11.7 Å². The van der Waals surface area contributed by atoms with Gasteiger partial charge >= 0.3 is 0 Å². The zero-order valence-electron chi connectivity index (χ0n) is 12.7. The molecule has 2 aromatic carbocycles. The van der Waals surface area contributed by atoms with E-state index in [1.807, 2.05) is 72.8 Å². The number of hydrogen-bond acceptors (Lipinski definition) is 2. The topological polar surface area (TPSA) is 76.8 Å². The molecule has 4 nitrogen and oxygen atoms in total. The third-order valence-electron chi connectivity index (χ3n) is 2.87. The number of rotatable bonds is 5. The molecule has 0 radical (unpaired) electrons. The van der Waals surface area contributed by atoms with Gasteiger partial charge in [0.15, 0.2) is 0 Å². The lowest BCUT2D eigenvalue weighted by Gasteiger charge is -1.97. The van der Waals surface area contributed by atoms with E-state index in [4.69, 9.17) is 11.5 Å². The Bertz CT molecular complexity index is 762. The smallest absolute Gasteiger partial charge is 0.211 e. The Morgan fingerprint density at radius 1 is 0.792 bits per heavy atom. The first-order valence-corrected chi connectivity index (χ1v) is 8.65. The molecule has 0 unspecified atom stereocenters. The van der Waals surface area contributed by atoms with Crippen molar-refractivity contribution < 1.29 is 0 Å². The van der Waals surface area contributed by atoms with Crippen LogP contribution in [0.2, 0.25) is 0 Å². The van der Waals surface area contributed by atoms with Crippen LogP contribution >= 0.6 is 31.9 Å². The molecule has 0 fully saturated rings. The van der Waals surface area contributed by atoms with Gasteiger partial charge in [-0.2, -0.15) is 0 Å². The van der Waals surface area contributed by atoms with Crippen LogP contribution in [0.15, 0.2) is 79.8 Å². The summed E-state index contributed by atoms with van der Waals surface area (Å²) in [7, 11) is 0. The summed E-state index contributed by atoms with van der Waals surface area (Å²) < 4.78 is 2.02. The Kier molecular flexibility index (Phi) is 6.96. The quantitative estimate of drug-likeness (QED) is 0.400. The molecular formula is C18H16Br2N4. The number of hydrogen-bond donors (Lipinski definition) is 2. The molecule has 0 aliphatic rings. The number of nitrogens with zero attached hydrogens (tertiary/aromatic N) is 2. The van der Waals surface area contributed by atoms with Crippen LogP contribution in [0.5, 0.6) is 0 Å². The maximum Gasteiger partial charge on any atom is 0.211 e. The average molecular weight is 448 g/mol. The number of halogens is 2. The molecule has 0 aliphatic heterocycles. The van der Waals surface area contributed by atoms with Gasteiger partial charge in [-0.25, -0.2) is 0 Å². The number of benzene rings is 2. The molecule has 4 N–H and O–H groups in total. The van der Waals surface area contributed by atoms with Gasteiger partial charge in [0.05, 0.1) is 5.71 Å². The van der Waals surface area contributed by atoms with Crippen molar-refractivity contribution in [2.75, 3.05) is 0 Å². The van der Waals surface area contributed by atoms with Crippen molar-refractivity contribution in [2.24, 2.45) is 21.7 Å². The Balaban J connectivity index is 2.25. The van der Waals surface area contributed by atoms with Gasteiger partial charge in [-0.15, -0.1) is 10.2 Å². The summed E-state index contributed by atoms with van der Waals surface area (Å²) in [6.45, 7) is 0. The van der Waals surface area contributed by atoms with E-state index in [1.54, 1.807) is 0 Å². The van der Waals surface area contributed by atoms with E-state index in [2.05, 4.69) is 42.1 Å². The molecule has 0 saturated carbocycles. The first kappa shape index (κ1) is 18.2. The van der Waals surface area contributed by atoms with Gasteiger partial charge in [0.1, 0.15) is 0 Å². The minimum absolute atomic E-state index is 0.0841. The SMILES string of the molecule is NC(N)=NN=C(/C=C/c1cccc(Br)c1)/C=C/c1cccc(Br)c1. The molecule has 0 aliphatic carbocycles.